The Morgan fingerprint density at radius 1 is 1.18 bits per heavy atom. The Morgan fingerprint density at radius 2 is 1.76 bits per heavy atom. The van der Waals surface area contributed by atoms with Crippen LogP contribution in [0.1, 0.15) is 37.0 Å². The Labute approximate surface area is 190 Å². The summed E-state index contributed by atoms with van der Waals surface area (Å²) in [6.07, 6.45) is -3.21. The van der Waals surface area contributed by atoms with Crippen LogP contribution in [0.3, 0.4) is 0 Å². The molecular weight excluding hydrogens is 469 g/mol. The third-order valence-electron chi connectivity index (χ3n) is 4.77. The highest BCUT2D eigenvalue weighted by Crippen LogP contribution is 2.37. The number of primary amides is 1. The van der Waals surface area contributed by atoms with Crippen LogP contribution in [0.15, 0.2) is 64.0 Å². The van der Waals surface area contributed by atoms with Crippen LogP contribution < -0.4 is 5.73 Å². The zero-order valence-electron chi connectivity index (χ0n) is 18.1. The maximum atomic E-state index is 13.3. The van der Waals surface area contributed by atoms with Crippen LogP contribution in [-0.2, 0) is 17.1 Å². The zero-order valence-corrected chi connectivity index (χ0v) is 18.1. The molecule has 34 heavy (non-hydrogen) atoms. The maximum absolute atomic E-state index is 13.3. The maximum Gasteiger partial charge on any atom is 0.416 e. The number of halogens is 7. The second-order valence-electron chi connectivity index (χ2n) is 7.26. The monoisotopic (exact) mass is 490 g/mol. The van der Waals surface area contributed by atoms with Crippen molar-refractivity contribution in [2.75, 3.05) is 6.80 Å². The largest absolute Gasteiger partial charge is 0.416 e. The van der Waals surface area contributed by atoms with Gasteiger partial charge in [0.1, 0.15) is 0 Å². The lowest BCUT2D eigenvalue weighted by molar-refractivity contribution is -0.143. The molecule has 1 heterocycles. The molecule has 0 aromatic heterocycles. The van der Waals surface area contributed by atoms with E-state index in [1.54, 1.807) is 13.0 Å². The molecule has 2 rings (SSSR count). The van der Waals surface area contributed by atoms with Gasteiger partial charge in [-0.2, -0.15) is 31.4 Å². The molecule has 2 N–H and O–H groups in total. The van der Waals surface area contributed by atoms with Crippen molar-refractivity contribution in [2.24, 2.45) is 21.7 Å². The third kappa shape index (κ3) is 6.78. The van der Waals surface area contributed by atoms with Crippen LogP contribution in [0.2, 0.25) is 0 Å². The van der Waals surface area contributed by atoms with Crippen LogP contribution in [0.4, 0.5) is 30.7 Å². The number of carbonyl (C=O) groups excluding carboxylic acids is 1. The molecule has 1 aliphatic rings. The molecule has 1 aromatic rings. The standard InChI is InChI=1S/C22H21F7N4O/c1-3-14(10-31-12-23)18(20(30)34)11-33-6-4-5-13(2)19(32-33)15-7-16(21(24,25)26)9-17(8-15)22(27,28)29/h3-4,6-11,13H,5,12H2,1-2H3,(H2,30,34)/b14-3+,18-11-,31-10-. The van der Waals surface area contributed by atoms with Gasteiger partial charge in [-0.15, -0.1) is 0 Å². The number of rotatable bonds is 6. The molecule has 184 valence electrons. The Kier molecular flexibility index (Phi) is 8.41. The van der Waals surface area contributed by atoms with Gasteiger partial charge in [-0.05, 0) is 37.1 Å². The Morgan fingerprint density at radius 3 is 2.24 bits per heavy atom. The summed E-state index contributed by atoms with van der Waals surface area (Å²) in [6, 6.07) is 1.23. The zero-order chi connectivity index (χ0) is 25.7. The van der Waals surface area contributed by atoms with Crippen molar-refractivity contribution in [2.45, 2.75) is 32.6 Å². The van der Waals surface area contributed by atoms with Crippen LogP contribution in [0, 0.1) is 5.92 Å². The first-order chi connectivity index (χ1) is 15.8. The number of aliphatic imine (C=N–C) groups is 1. The predicted octanol–water partition coefficient (Wildman–Crippen LogP) is 5.60. The van der Waals surface area contributed by atoms with Crippen molar-refractivity contribution >= 4 is 17.8 Å². The van der Waals surface area contributed by atoms with Gasteiger partial charge in [0.2, 0.25) is 0 Å². The fourth-order valence-electron chi connectivity index (χ4n) is 3.10. The summed E-state index contributed by atoms with van der Waals surface area (Å²) in [5.74, 6) is -1.50. The van der Waals surface area contributed by atoms with Crippen molar-refractivity contribution in [1.29, 1.82) is 0 Å². The first-order valence-corrected chi connectivity index (χ1v) is 9.85. The molecule has 0 saturated heterocycles. The summed E-state index contributed by atoms with van der Waals surface area (Å²) in [6.45, 7) is 2.07. The van der Waals surface area contributed by atoms with Gasteiger partial charge in [0, 0.05) is 30.1 Å². The van der Waals surface area contributed by atoms with E-state index >= 15 is 0 Å². The molecule has 1 atom stereocenters. The first-order valence-electron chi connectivity index (χ1n) is 9.85. The molecule has 12 heteroatoms. The first kappa shape index (κ1) is 26.8. The summed E-state index contributed by atoms with van der Waals surface area (Å²) in [4.78, 5) is 15.4. The number of benzene rings is 1. The van der Waals surface area contributed by atoms with Gasteiger partial charge in [-0.3, -0.25) is 9.79 Å². The highest BCUT2D eigenvalue weighted by Gasteiger charge is 2.37. The smallest absolute Gasteiger partial charge is 0.366 e. The molecule has 0 saturated carbocycles. The molecule has 1 aliphatic heterocycles. The fraction of sp³-hybridized carbons (Fsp3) is 0.318. The number of allylic oxidation sites excluding steroid dienone is 2. The van der Waals surface area contributed by atoms with Crippen molar-refractivity contribution in [3.63, 3.8) is 0 Å². The topological polar surface area (TPSA) is 71.1 Å². The quantitative estimate of drug-likeness (QED) is 0.186. The van der Waals surface area contributed by atoms with E-state index in [1.807, 2.05) is 0 Å². The molecular formula is C22H21F7N4O. The minimum Gasteiger partial charge on any atom is -0.366 e. The molecule has 5 nitrogen and oxygen atoms in total. The van der Waals surface area contributed by atoms with Crippen molar-refractivity contribution in [1.82, 2.24) is 5.01 Å². The van der Waals surface area contributed by atoms with Gasteiger partial charge >= 0.3 is 12.4 Å². The Hall–Kier alpha value is -3.44. The van der Waals surface area contributed by atoms with Gasteiger partial charge in [-0.1, -0.05) is 19.1 Å². The normalized spacial score (nSPS) is 18.3. The summed E-state index contributed by atoms with van der Waals surface area (Å²) < 4.78 is 92.3. The van der Waals surface area contributed by atoms with Crippen LogP contribution in [0.5, 0.6) is 0 Å². The van der Waals surface area contributed by atoms with Gasteiger partial charge < -0.3 is 5.73 Å². The Balaban J connectivity index is 2.68. The van der Waals surface area contributed by atoms with Gasteiger partial charge in [0.15, 0.2) is 6.80 Å². The number of hydrogen-bond donors (Lipinski definition) is 1. The van der Waals surface area contributed by atoms with E-state index < -0.39 is 42.1 Å². The number of alkyl halides is 7. The molecule has 1 amide bonds. The van der Waals surface area contributed by atoms with Crippen LogP contribution in [-0.4, -0.2) is 29.6 Å². The van der Waals surface area contributed by atoms with E-state index in [4.69, 9.17) is 5.73 Å². The highest BCUT2D eigenvalue weighted by molar-refractivity contribution is 6.05. The lowest BCUT2D eigenvalue weighted by Gasteiger charge is -2.19. The number of nitrogens with two attached hydrogens (primary N) is 1. The number of hydrogen-bond acceptors (Lipinski definition) is 4. The number of amides is 1. The van der Waals surface area contributed by atoms with Gasteiger partial charge in [0.25, 0.3) is 5.91 Å². The van der Waals surface area contributed by atoms with E-state index in [1.165, 1.54) is 19.2 Å². The number of nitrogens with zero attached hydrogens (tertiary/aromatic N) is 3. The molecule has 0 radical (unpaired) electrons. The van der Waals surface area contributed by atoms with E-state index in [2.05, 4.69) is 10.1 Å². The van der Waals surface area contributed by atoms with Crippen LogP contribution >= 0.6 is 0 Å². The molecule has 1 aromatic carbocycles. The van der Waals surface area contributed by atoms with Crippen LogP contribution in [0.25, 0.3) is 0 Å². The van der Waals surface area contributed by atoms with E-state index in [0.717, 1.165) is 17.4 Å². The second-order valence-corrected chi connectivity index (χ2v) is 7.26. The predicted molar refractivity (Wildman–Crippen MR) is 113 cm³/mol. The third-order valence-corrected chi connectivity index (χ3v) is 4.77. The Bertz CT molecular complexity index is 1030. The molecule has 0 spiro atoms. The van der Waals surface area contributed by atoms with Gasteiger partial charge in [0.05, 0.1) is 22.4 Å². The number of carbonyl (C=O) groups is 1. The molecule has 0 aliphatic carbocycles. The lowest BCUT2D eigenvalue weighted by atomic mass is 9.93. The summed E-state index contributed by atoms with van der Waals surface area (Å²) in [5, 5.41) is 5.25. The average molecular weight is 490 g/mol. The van der Waals surface area contributed by atoms with E-state index in [9.17, 15) is 35.5 Å². The fourth-order valence-corrected chi connectivity index (χ4v) is 3.10. The molecule has 0 bridgehead atoms. The molecule has 1 unspecified atom stereocenters. The minimum absolute atomic E-state index is 0.0368. The summed E-state index contributed by atoms with van der Waals surface area (Å²) in [7, 11) is 0. The summed E-state index contributed by atoms with van der Waals surface area (Å²) in [5.41, 5.74) is 2.01. The highest BCUT2D eigenvalue weighted by atomic mass is 19.4. The minimum atomic E-state index is -5.02. The van der Waals surface area contributed by atoms with Crippen molar-refractivity contribution in [3.05, 3.63) is 70.6 Å². The second kappa shape index (κ2) is 10.7. The SMILES string of the molecule is C/C=C(\C=N/CF)C(=C/N1C=CCC(C)C(c2cc(C(F)(F)F)cc(C(F)(F)F)c2)=N1)/C(N)=O. The lowest BCUT2D eigenvalue weighted by Crippen LogP contribution is -2.20. The molecule has 0 fully saturated rings. The average Bonchev–Trinajstić information content (AvgIpc) is 2.92. The summed E-state index contributed by atoms with van der Waals surface area (Å²) >= 11 is 0. The van der Waals surface area contributed by atoms with Crippen molar-refractivity contribution < 1.29 is 35.5 Å². The van der Waals surface area contributed by atoms with Gasteiger partial charge in [-0.25, -0.2) is 9.40 Å². The van der Waals surface area contributed by atoms with E-state index in [-0.39, 0.29) is 34.9 Å². The van der Waals surface area contributed by atoms with Crippen molar-refractivity contribution in [3.8, 4) is 0 Å². The number of hydrazone groups is 1. The van der Waals surface area contributed by atoms with E-state index in [0.29, 0.717) is 12.1 Å².